The fourth-order valence-corrected chi connectivity index (χ4v) is 6.39. The Kier molecular flexibility index (Phi) is 2.98. The molecule has 0 saturated heterocycles. The Bertz CT molecular complexity index is 719. The first-order chi connectivity index (χ1) is 11.2. The van der Waals surface area contributed by atoms with Crippen molar-refractivity contribution in [3.63, 3.8) is 0 Å². The molecule has 0 radical (unpaired) electrons. The molecule has 0 aliphatic heterocycles. The minimum atomic E-state index is -1.34. The molecule has 4 rings (SSSR count). The number of carbonyl (C=O) groups is 3. The third-order valence-electron chi connectivity index (χ3n) is 7.28. The fraction of sp³-hybridized carbons (Fsp3) is 0.632. The fourth-order valence-electron chi connectivity index (χ4n) is 6.39. The summed E-state index contributed by atoms with van der Waals surface area (Å²) in [7, 11) is 0. The number of carboxylic acid groups (broad SMARTS) is 2. The molecule has 0 aromatic rings. The first-order valence-corrected chi connectivity index (χ1v) is 8.59. The minimum absolute atomic E-state index is 0.00187. The Morgan fingerprint density at radius 1 is 1.25 bits per heavy atom. The molecule has 0 aromatic carbocycles. The van der Waals surface area contributed by atoms with Gasteiger partial charge in [-0.3, -0.25) is 14.4 Å². The standard InChI is InChI=1S/C19H22O5/c1-9-6-19-7-10(9)3-4-13(19)12-5-11(20)8-18(2,17(23)24)14(12)15(19)16(21)22/h5,10,13-15H,1,3-4,6-8H2,2H3,(H,21,22)(H,23,24). The predicted molar refractivity (Wildman–Crippen MR) is 85.1 cm³/mol. The van der Waals surface area contributed by atoms with Crippen LogP contribution in [0.15, 0.2) is 23.8 Å². The summed E-state index contributed by atoms with van der Waals surface area (Å²) < 4.78 is 0. The molecule has 0 aromatic heterocycles. The number of hydrogen-bond acceptors (Lipinski definition) is 3. The Morgan fingerprint density at radius 3 is 2.58 bits per heavy atom. The van der Waals surface area contributed by atoms with Gasteiger partial charge in [-0.05, 0) is 55.9 Å². The second kappa shape index (κ2) is 4.58. The van der Waals surface area contributed by atoms with Crippen molar-refractivity contribution in [2.45, 2.75) is 39.0 Å². The van der Waals surface area contributed by atoms with Crippen LogP contribution >= 0.6 is 0 Å². The summed E-state index contributed by atoms with van der Waals surface area (Å²) in [5, 5.41) is 19.9. The molecule has 6 unspecified atom stereocenters. The van der Waals surface area contributed by atoms with Gasteiger partial charge in [-0.2, -0.15) is 0 Å². The lowest BCUT2D eigenvalue weighted by Crippen LogP contribution is -2.46. The van der Waals surface area contributed by atoms with Crippen LogP contribution in [0.1, 0.15) is 39.0 Å². The van der Waals surface area contributed by atoms with E-state index in [1.807, 2.05) is 0 Å². The Balaban J connectivity index is 1.94. The van der Waals surface area contributed by atoms with Crippen molar-refractivity contribution >= 4 is 17.7 Å². The van der Waals surface area contributed by atoms with Crippen LogP contribution < -0.4 is 0 Å². The van der Waals surface area contributed by atoms with Gasteiger partial charge in [0.2, 0.25) is 0 Å². The minimum Gasteiger partial charge on any atom is -0.481 e. The molecule has 24 heavy (non-hydrogen) atoms. The first-order valence-electron chi connectivity index (χ1n) is 8.59. The molecule has 4 aliphatic carbocycles. The summed E-state index contributed by atoms with van der Waals surface area (Å²) in [6.07, 6.45) is 4.67. The molecule has 0 heterocycles. The van der Waals surface area contributed by atoms with Gasteiger partial charge in [-0.15, -0.1) is 0 Å². The van der Waals surface area contributed by atoms with Crippen molar-refractivity contribution < 1.29 is 24.6 Å². The zero-order valence-corrected chi connectivity index (χ0v) is 13.7. The summed E-state index contributed by atoms with van der Waals surface area (Å²) in [5.74, 6) is -3.18. The highest BCUT2D eigenvalue weighted by molar-refractivity contribution is 5.97. The van der Waals surface area contributed by atoms with Crippen LogP contribution in [0.5, 0.6) is 0 Å². The van der Waals surface area contributed by atoms with Gasteiger partial charge in [0.05, 0.1) is 11.3 Å². The molecule has 5 nitrogen and oxygen atoms in total. The monoisotopic (exact) mass is 330 g/mol. The zero-order chi connectivity index (χ0) is 17.4. The summed E-state index contributed by atoms with van der Waals surface area (Å²) in [6.45, 7) is 5.71. The lowest BCUT2D eigenvalue weighted by molar-refractivity contribution is -0.160. The second-order valence-electron chi connectivity index (χ2n) is 8.40. The molecule has 128 valence electrons. The normalized spacial score (nSPS) is 46.3. The maximum absolute atomic E-state index is 12.3. The highest BCUT2D eigenvalue weighted by Gasteiger charge is 2.69. The predicted octanol–water partition coefficient (Wildman–Crippen LogP) is 2.67. The van der Waals surface area contributed by atoms with Gasteiger partial charge in [-0.25, -0.2) is 0 Å². The number of hydrogen-bond donors (Lipinski definition) is 2. The van der Waals surface area contributed by atoms with Crippen LogP contribution in [-0.2, 0) is 14.4 Å². The third-order valence-corrected chi connectivity index (χ3v) is 7.28. The molecule has 2 bridgehead atoms. The molecule has 3 fully saturated rings. The van der Waals surface area contributed by atoms with Crippen molar-refractivity contribution in [2.75, 3.05) is 0 Å². The van der Waals surface area contributed by atoms with Crippen LogP contribution in [0.25, 0.3) is 0 Å². The molecular formula is C19H22O5. The van der Waals surface area contributed by atoms with Crippen molar-refractivity contribution in [3.05, 3.63) is 23.8 Å². The van der Waals surface area contributed by atoms with Crippen molar-refractivity contribution in [1.29, 1.82) is 0 Å². The number of carboxylic acids is 2. The largest absolute Gasteiger partial charge is 0.481 e. The van der Waals surface area contributed by atoms with E-state index >= 15 is 0 Å². The molecule has 6 atom stereocenters. The highest BCUT2D eigenvalue weighted by atomic mass is 16.4. The Morgan fingerprint density at radius 2 is 1.96 bits per heavy atom. The molecule has 3 saturated carbocycles. The third kappa shape index (κ3) is 1.68. The van der Waals surface area contributed by atoms with Gasteiger partial charge in [0, 0.05) is 12.3 Å². The van der Waals surface area contributed by atoms with Gasteiger partial charge in [0.15, 0.2) is 5.78 Å². The van der Waals surface area contributed by atoms with Crippen LogP contribution in [0.4, 0.5) is 0 Å². The number of fused-ring (bicyclic) bond motifs is 3. The van der Waals surface area contributed by atoms with E-state index < -0.39 is 34.6 Å². The molecular weight excluding hydrogens is 308 g/mol. The topological polar surface area (TPSA) is 91.7 Å². The number of ketones is 1. The van der Waals surface area contributed by atoms with Gasteiger partial charge in [-0.1, -0.05) is 17.7 Å². The van der Waals surface area contributed by atoms with Gasteiger partial charge in [0.1, 0.15) is 0 Å². The van der Waals surface area contributed by atoms with E-state index in [9.17, 15) is 24.6 Å². The molecule has 4 aliphatic rings. The van der Waals surface area contributed by atoms with E-state index in [0.717, 1.165) is 30.4 Å². The van der Waals surface area contributed by atoms with E-state index in [4.69, 9.17) is 0 Å². The Hall–Kier alpha value is -1.91. The highest BCUT2D eigenvalue weighted by Crippen LogP contribution is 2.72. The van der Waals surface area contributed by atoms with E-state index in [-0.39, 0.29) is 18.1 Å². The maximum atomic E-state index is 12.3. The van der Waals surface area contributed by atoms with Gasteiger partial charge in [0.25, 0.3) is 0 Å². The molecule has 1 spiro atoms. The number of aliphatic carboxylic acids is 2. The number of rotatable bonds is 2. The summed E-state index contributed by atoms with van der Waals surface area (Å²) >= 11 is 0. The maximum Gasteiger partial charge on any atom is 0.310 e. The lowest BCUT2D eigenvalue weighted by Gasteiger charge is -2.40. The van der Waals surface area contributed by atoms with Crippen molar-refractivity contribution in [1.82, 2.24) is 0 Å². The average Bonchev–Trinajstić information content (AvgIpc) is 2.90. The van der Waals surface area contributed by atoms with E-state index in [1.165, 1.54) is 0 Å². The number of allylic oxidation sites excluding steroid dienone is 3. The summed E-state index contributed by atoms with van der Waals surface area (Å²) in [4.78, 5) is 36.5. The number of carbonyl (C=O) groups excluding carboxylic acids is 1. The van der Waals surface area contributed by atoms with Crippen molar-refractivity contribution in [2.24, 2.45) is 34.5 Å². The molecule has 2 N–H and O–H groups in total. The van der Waals surface area contributed by atoms with E-state index in [2.05, 4.69) is 6.58 Å². The van der Waals surface area contributed by atoms with Crippen LogP contribution in [-0.4, -0.2) is 27.9 Å². The second-order valence-corrected chi connectivity index (χ2v) is 8.40. The van der Waals surface area contributed by atoms with Crippen LogP contribution in [0.2, 0.25) is 0 Å². The van der Waals surface area contributed by atoms with Crippen LogP contribution in [0, 0.1) is 34.5 Å². The SMILES string of the molecule is C=C1CC23CC1CCC2C1=CC(=O)CC(C)(C(=O)O)C1C3C(=O)O. The smallest absolute Gasteiger partial charge is 0.310 e. The Labute approximate surface area is 140 Å². The zero-order valence-electron chi connectivity index (χ0n) is 13.7. The van der Waals surface area contributed by atoms with Crippen LogP contribution in [0.3, 0.4) is 0 Å². The molecule has 0 amide bonds. The van der Waals surface area contributed by atoms with Gasteiger partial charge >= 0.3 is 11.9 Å². The average molecular weight is 330 g/mol. The lowest BCUT2D eigenvalue weighted by atomic mass is 9.61. The van der Waals surface area contributed by atoms with Gasteiger partial charge < -0.3 is 10.2 Å². The quantitative estimate of drug-likeness (QED) is 0.760. The molecule has 5 heteroatoms. The summed E-state index contributed by atoms with van der Waals surface area (Å²) in [6, 6.07) is 0. The first kappa shape index (κ1) is 15.6. The summed E-state index contributed by atoms with van der Waals surface area (Å²) in [5.41, 5.74) is 0.0994. The van der Waals surface area contributed by atoms with E-state index in [0.29, 0.717) is 12.3 Å². The van der Waals surface area contributed by atoms with E-state index in [1.54, 1.807) is 13.0 Å². The van der Waals surface area contributed by atoms with Crippen molar-refractivity contribution in [3.8, 4) is 0 Å².